The van der Waals surface area contributed by atoms with E-state index in [1.807, 2.05) is 18.2 Å². The lowest BCUT2D eigenvalue weighted by Crippen LogP contribution is -2.15. The first-order valence-electron chi connectivity index (χ1n) is 17.5. The molecule has 1 heterocycles. The van der Waals surface area contributed by atoms with Crippen molar-refractivity contribution in [3.63, 3.8) is 0 Å². The van der Waals surface area contributed by atoms with E-state index in [9.17, 15) is 0 Å². The Hall–Kier alpha value is -6.45. The molecule has 0 unspecified atom stereocenters. The molecule has 0 spiro atoms. The highest BCUT2D eigenvalue weighted by atomic mass is 15.0. The van der Waals surface area contributed by atoms with Crippen LogP contribution < -0.4 is 0 Å². The van der Waals surface area contributed by atoms with Crippen LogP contribution in [0.5, 0.6) is 0 Å². The lowest BCUT2D eigenvalue weighted by molar-refractivity contribution is 0.660. The van der Waals surface area contributed by atoms with E-state index in [1.54, 1.807) is 0 Å². The van der Waals surface area contributed by atoms with Crippen LogP contribution in [0.25, 0.3) is 88.7 Å². The Labute approximate surface area is 297 Å². The molecule has 8 aromatic carbocycles. The fourth-order valence-electron chi connectivity index (χ4n) is 8.12. The first-order valence-corrected chi connectivity index (χ1v) is 17.5. The molecule has 0 aliphatic heterocycles. The normalized spacial score (nSPS) is 13.1. The van der Waals surface area contributed by atoms with Gasteiger partial charge in [0.2, 0.25) is 0 Å². The molecule has 3 nitrogen and oxygen atoms in total. The summed E-state index contributed by atoms with van der Waals surface area (Å²) in [4.78, 5) is 15.3. The molecule has 0 amide bonds. The zero-order valence-corrected chi connectivity index (χ0v) is 28.4. The van der Waals surface area contributed by atoms with E-state index < -0.39 is 0 Å². The zero-order valence-electron chi connectivity index (χ0n) is 28.4. The highest BCUT2D eigenvalue weighted by Crippen LogP contribution is 2.49. The van der Waals surface area contributed by atoms with Gasteiger partial charge in [-0.3, -0.25) is 0 Å². The van der Waals surface area contributed by atoms with Crippen LogP contribution in [0.1, 0.15) is 25.0 Å². The second kappa shape index (κ2) is 11.3. The molecule has 9 aromatic rings. The van der Waals surface area contributed by atoms with E-state index in [2.05, 4.69) is 159 Å². The van der Waals surface area contributed by atoms with Gasteiger partial charge in [-0.15, -0.1) is 0 Å². The SMILES string of the molecule is CC1(C)c2ccccc2-c2ccc(-c3nc(-c4ccccc4)nc(-c4cccc(-c5ccc6c7ccccc7c7ccccc7c6c5)c4)n3)cc21. The fraction of sp³-hybridized carbons (Fsp3) is 0.0625. The van der Waals surface area contributed by atoms with Crippen LogP contribution in [0.3, 0.4) is 0 Å². The van der Waals surface area contributed by atoms with Crippen LogP contribution in [0, 0.1) is 0 Å². The van der Waals surface area contributed by atoms with Gasteiger partial charge in [0, 0.05) is 22.1 Å². The Balaban J connectivity index is 1.12. The van der Waals surface area contributed by atoms with E-state index in [1.165, 1.54) is 54.6 Å². The summed E-state index contributed by atoms with van der Waals surface area (Å²) in [7, 11) is 0. The molecule has 0 fully saturated rings. The minimum atomic E-state index is -0.119. The van der Waals surface area contributed by atoms with Crippen LogP contribution in [0.4, 0.5) is 0 Å². The van der Waals surface area contributed by atoms with Gasteiger partial charge in [-0.05, 0) is 83.9 Å². The molecule has 51 heavy (non-hydrogen) atoms. The van der Waals surface area contributed by atoms with E-state index >= 15 is 0 Å². The number of fused-ring (bicyclic) bond motifs is 9. The second-order valence-corrected chi connectivity index (χ2v) is 14.0. The van der Waals surface area contributed by atoms with E-state index in [4.69, 9.17) is 15.0 Å². The van der Waals surface area contributed by atoms with Crippen molar-refractivity contribution in [2.75, 3.05) is 0 Å². The summed E-state index contributed by atoms with van der Waals surface area (Å²) in [6, 6.07) is 58.5. The molecule has 0 N–H and O–H groups in total. The highest BCUT2D eigenvalue weighted by molar-refractivity contribution is 6.25. The number of benzene rings is 8. The first-order chi connectivity index (χ1) is 25.0. The summed E-state index contributed by atoms with van der Waals surface area (Å²) in [6.45, 7) is 4.61. The van der Waals surface area contributed by atoms with Crippen molar-refractivity contribution in [3.8, 4) is 56.4 Å². The maximum Gasteiger partial charge on any atom is 0.164 e. The summed E-state index contributed by atoms with van der Waals surface area (Å²) >= 11 is 0. The Morgan fingerprint density at radius 3 is 1.49 bits per heavy atom. The quantitative estimate of drug-likeness (QED) is 0.178. The summed E-state index contributed by atoms with van der Waals surface area (Å²) in [5.74, 6) is 1.98. The van der Waals surface area contributed by atoms with Gasteiger partial charge >= 0.3 is 0 Å². The van der Waals surface area contributed by atoms with Crippen molar-refractivity contribution in [1.82, 2.24) is 15.0 Å². The number of nitrogens with zero attached hydrogens (tertiary/aromatic N) is 3. The third-order valence-corrected chi connectivity index (χ3v) is 10.7. The monoisotopic (exact) mass is 651 g/mol. The van der Waals surface area contributed by atoms with Crippen LogP contribution in [-0.2, 0) is 5.41 Å². The third kappa shape index (κ3) is 4.69. The maximum absolute atomic E-state index is 5.16. The molecule has 0 saturated carbocycles. The van der Waals surface area contributed by atoms with E-state index in [0.717, 1.165) is 27.8 Å². The van der Waals surface area contributed by atoms with Gasteiger partial charge in [0.15, 0.2) is 17.5 Å². The first kappa shape index (κ1) is 29.5. The minimum Gasteiger partial charge on any atom is -0.208 e. The molecule has 240 valence electrons. The molecule has 1 aromatic heterocycles. The lowest BCUT2D eigenvalue weighted by Gasteiger charge is -2.21. The number of rotatable bonds is 4. The maximum atomic E-state index is 5.16. The number of hydrogen-bond acceptors (Lipinski definition) is 3. The smallest absolute Gasteiger partial charge is 0.164 e. The van der Waals surface area contributed by atoms with Crippen molar-refractivity contribution in [2.24, 2.45) is 0 Å². The average molecular weight is 652 g/mol. The Morgan fingerprint density at radius 2 is 0.784 bits per heavy atom. The minimum absolute atomic E-state index is 0.119. The van der Waals surface area contributed by atoms with Gasteiger partial charge in [0.25, 0.3) is 0 Å². The third-order valence-electron chi connectivity index (χ3n) is 10.7. The predicted molar refractivity (Wildman–Crippen MR) is 212 cm³/mol. The van der Waals surface area contributed by atoms with Gasteiger partial charge in [-0.1, -0.05) is 159 Å². The molecular weight excluding hydrogens is 619 g/mol. The Morgan fingerprint density at radius 1 is 0.314 bits per heavy atom. The van der Waals surface area contributed by atoms with Gasteiger partial charge < -0.3 is 0 Å². The average Bonchev–Trinajstić information content (AvgIpc) is 3.43. The van der Waals surface area contributed by atoms with Crippen molar-refractivity contribution in [1.29, 1.82) is 0 Å². The molecule has 0 atom stereocenters. The Bertz CT molecular complexity index is 2800. The summed E-state index contributed by atoms with van der Waals surface area (Å²) in [5.41, 5.74) is 10.3. The molecule has 1 aliphatic carbocycles. The lowest BCUT2D eigenvalue weighted by atomic mass is 9.82. The van der Waals surface area contributed by atoms with Crippen molar-refractivity contribution < 1.29 is 0 Å². The molecule has 3 heteroatoms. The Kier molecular flexibility index (Phi) is 6.53. The van der Waals surface area contributed by atoms with Gasteiger partial charge in [-0.2, -0.15) is 0 Å². The van der Waals surface area contributed by atoms with Crippen molar-refractivity contribution in [3.05, 3.63) is 175 Å². The van der Waals surface area contributed by atoms with Crippen LogP contribution in [-0.4, -0.2) is 15.0 Å². The van der Waals surface area contributed by atoms with E-state index in [-0.39, 0.29) is 5.41 Å². The molecule has 1 aliphatic rings. The van der Waals surface area contributed by atoms with E-state index in [0.29, 0.717) is 17.5 Å². The van der Waals surface area contributed by atoms with Crippen molar-refractivity contribution in [2.45, 2.75) is 19.3 Å². The molecule has 10 rings (SSSR count). The summed E-state index contributed by atoms with van der Waals surface area (Å²) in [6.07, 6.45) is 0. The molecule has 0 saturated heterocycles. The van der Waals surface area contributed by atoms with Gasteiger partial charge in [0.1, 0.15) is 0 Å². The second-order valence-electron chi connectivity index (χ2n) is 14.0. The van der Waals surface area contributed by atoms with Gasteiger partial charge in [0.05, 0.1) is 0 Å². The van der Waals surface area contributed by atoms with Crippen molar-refractivity contribution >= 4 is 32.3 Å². The molecule has 0 bridgehead atoms. The summed E-state index contributed by atoms with van der Waals surface area (Å²) in [5, 5.41) is 7.61. The zero-order chi connectivity index (χ0) is 34.1. The summed E-state index contributed by atoms with van der Waals surface area (Å²) < 4.78 is 0. The number of hydrogen-bond donors (Lipinski definition) is 0. The largest absolute Gasteiger partial charge is 0.208 e. The fourth-order valence-corrected chi connectivity index (χ4v) is 8.12. The van der Waals surface area contributed by atoms with Gasteiger partial charge in [-0.25, -0.2) is 15.0 Å². The van der Waals surface area contributed by atoms with Crippen LogP contribution in [0.15, 0.2) is 164 Å². The standard InChI is InChI=1S/C48H33N3/c1-48(2)43-22-11-10-21-40(43)41-26-24-34(29-44(41)48)47-50-45(30-13-4-3-5-14-30)49-46(51-47)33-16-12-15-31(27-33)32-23-25-39-37-19-7-6-17-35(37)36-18-8-9-20-38(36)42(39)28-32/h3-29H,1-2H3. The number of aromatic nitrogens is 3. The van der Waals surface area contributed by atoms with Crippen LogP contribution in [0.2, 0.25) is 0 Å². The predicted octanol–water partition coefficient (Wildman–Crippen LogP) is 12.3. The van der Waals surface area contributed by atoms with Crippen LogP contribution >= 0.6 is 0 Å². The highest BCUT2D eigenvalue weighted by Gasteiger charge is 2.35. The topological polar surface area (TPSA) is 38.7 Å². The molecular formula is C48H33N3. The molecule has 0 radical (unpaired) electrons.